The van der Waals surface area contributed by atoms with Gasteiger partial charge in [0.25, 0.3) is 5.91 Å². The molecule has 2 aromatic carbocycles. The van der Waals surface area contributed by atoms with Crippen LogP contribution in [-0.2, 0) is 4.74 Å². The maximum atomic E-state index is 12.8. The predicted octanol–water partition coefficient (Wildman–Crippen LogP) is 2.89. The van der Waals surface area contributed by atoms with Crippen molar-refractivity contribution in [1.29, 1.82) is 0 Å². The number of morpholine rings is 1. The van der Waals surface area contributed by atoms with Gasteiger partial charge in [-0.25, -0.2) is 0 Å². The molecule has 0 aliphatic carbocycles. The molecule has 0 saturated carbocycles. The van der Waals surface area contributed by atoms with Crippen LogP contribution in [0.15, 0.2) is 54.6 Å². The number of nitrogens with zero attached hydrogens (tertiary/aromatic N) is 1. The molecule has 0 radical (unpaired) electrons. The van der Waals surface area contributed by atoms with Gasteiger partial charge in [-0.3, -0.25) is 9.69 Å². The summed E-state index contributed by atoms with van der Waals surface area (Å²) in [5.41, 5.74) is 1.71. The van der Waals surface area contributed by atoms with Gasteiger partial charge in [0, 0.05) is 25.2 Å². The van der Waals surface area contributed by atoms with Crippen molar-refractivity contribution in [2.45, 2.75) is 13.0 Å². The first-order valence-electron chi connectivity index (χ1n) is 9.15. The van der Waals surface area contributed by atoms with Crippen LogP contribution >= 0.6 is 0 Å². The van der Waals surface area contributed by atoms with Gasteiger partial charge >= 0.3 is 0 Å². The average Bonchev–Trinajstić information content (AvgIpc) is 2.69. The Morgan fingerprint density at radius 1 is 1.15 bits per heavy atom. The molecule has 1 aliphatic heterocycles. The maximum Gasteiger partial charge on any atom is 0.251 e. The second-order valence-corrected chi connectivity index (χ2v) is 6.31. The Morgan fingerprint density at radius 3 is 2.65 bits per heavy atom. The van der Waals surface area contributed by atoms with Gasteiger partial charge in [0.15, 0.2) is 0 Å². The van der Waals surface area contributed by atoms with Crippen LogP contribution in [0.3, 0.4) is 0 Å². The Labute approximate surface area is 154 Å². The van der Waals surface area contributed by atoms with Gasteiger partial charge in [0.05, 0.1) is 25.9 Å². The molecule has 0 spiro atoms. The highest BCUT2D eigenvalue weighted by Crippen LogP contribution is 2.18. The van der Waals surface area contributed by atoms with Crippen molar-refractivity contribution in [3.05, 3.63) is 65.7 Å². The summed E-state index contributed by atoms with van der Waals surface area (Å²) in [5, 5.41) is 3.19. The van der Waals surface area contributed by atoms with Crippen molar-refractivity contribution < 1.29 is 14.3 Å². The highest BCUT2D eigenvalue weighted by Gasteiger charge is 2.20. The second kappa shape index (κ2) is 9.36. The summed E-state index contributed by atoms with van der Waals surface area (Å²) in [5.74, 6) is 0.623. The number of ether oxygens (including phenoxy) is 2. The van der Waals surface area contributed by atoms with Crippen molar-refractivity contribution in [2.75, 3.05) is 39.5 Å². The number of hydrogen-bond acceptors (Lipinski definition) is 4. The van der Waals surface area contributed by atoms with E-state index in [4.69, 9.17) is 9.47 Å². The molecular formula is C21H26N2O3. The lowest BCUT2D eigenvalue weighted by molar-refractivity contribution is 0.0332. The fraction of sp³-hybridized carbons (Fsp3) is 0.381. The van der Waals surface area contributed by atoms with Crippen LogP contribution in [-0.4, -0.2) is 50.3 Å². The van der Waals surface area contributed by atoms with Crippen molar-refractivity contribution in [2.24, 2.45) is 0 Å². The van der Waals surface area contributed by atoms with Gasteiger partial charge in [-0.2, -0.15) is 0 Å². The van der Waals surface area contributed by atoms with Crippen LogP contribution in [0.5, 0.6) is 5.75 Å². The zero-order valence-corrected chi connectivity index (χ0v) is 15.2. The first-order chi connectivity index (χ1) is 12.8. The molecule has 26 heavy (non-hydrogen) atoms. The molecular weight excluding hydrogens is 328 g/mol. The summed E-state index contributed by atoms with van der Waals surface area (Å²) < 4.78 is 10.9. The third-order valence-electron chi connectivity index (χ3n) is 4.46. The molecule has 5 nitrogen and oxygen atoms in total. The van der Waals surface area contributed by atoms with E-state index < -0.39 is 0 Å². The van der Waals surface area contributed by atoms with E-state index in [2.05, 4.69) is 22.3 Å². The number of carbonyl (C=O) groups is 1. The lowest BCUT2D eigenvalue weighted by Gasteiger charge is -2.31. The van der Waals surface area contributed by atoms with Crippen LogP contribution in [0, 0.1) is 0 Å². The average molecular weight is 354 g/mol. The molecule has 138 valence electrons. The number of nitrogens with one attached hydrogen (secondary N) is 1. The zero-order chi connectivity index (χ0) is 18.2. The molecule has 0 aromatic heterocycles. The van der Waals surface area contributed by atoms with Crippen LogP contribution in [0.1, 0.15) is 28.9 Å². The molecule has 1 aliphatic rings. The van der Waals surface area contributed by atoms with Crippen molar-refractivity contribution in [3.8, 4) is 5.75 Å². The number of benzene rings is 2. The van der Waals surface area contributed by atoms with E-state index in [0.717, 1.165) is 38.4 Å². The normalized spacial score (nSPS) is 16.0. The third kappa shape index (κ3) is 5.07. The maximum absolute atomic E-state index is 12.8. The summed E-state index contributed by atoms with van der Waals surface area (Å²) in [7, 11) is 0. The molecule has 3 rings (SSSR count). The molecule has 1 unspecified atom stereocenters. The summed E-state index contributed by atoms with van der Waals surface area (Å²) in [6.07, 6.45) is 0. The van der Waals surface area contributed by atoms with E-state index >= 15 is 0 Å². The van der Waals surface area contributed by atoms with E-state index in [9.17, 15) is 4.79 Å². The van der Waals surface area contributed by atoms with Crippen LogP contribution in [0.4, 0.5) is 0 Å². The molecule has 2 aromatic rings. The fourth-order valence-corrected chi connectivity index (χ4v) is 3.10. The van der Waals surface area contributed by atoms with Crippen LogP contribution < -0.4 is 10.1 Å². The van der Waals surface area contributed by atoms with Crippen molar-refractivity contribution in [3.63, 3.8) is 0 Å². The molecule has 1 fully saturated rings. The standard InChI is InChI=1S/C21H26N2O3/c1-2-26-19-10-6-9-18(15-19)21(24)22-20(17-7-4-3-5-8-17)16-23-11-13-25-14-12-23/h3-10,15,20H,2,11-14,16H2,1H3,(H,22,24). The van der Waals surface area contributed by atoms with E-state index in [1.54, 1.807) is 6.07 Å². The Morgan fingerprint density at radius 2 is 1.92 bits per heavy atom. The minimum Gasteiger partial charge on any atom is -0.494 e. The van der Waals surface area contributed by atoms with Gasteiger partial charge in [0.1, 0.15) is 5.75 Å². The Kier molecular flexibility index (Phi) is 6.63. The molecule has 1 amide bonds. The molecule has 1 N–H and O–H groups in total. The largest absolute Gasteiger partial charge is 0.494 e. The second-order valence-electron chi connectivity index (χ2n) is 6.31. The summed E-state index contributed by atoms with van der Waals surface area (Å²) in [4.78, 5) is 15.1. The molecule has 1 heterocycles. The summed E-state index contributed by atoms with van der Waals surface area (Å²) >= 11 is 0. The number of hydrogen-bond donors (Lipinski definition) is 1. The lowest BCUT2D eigenvalue weighted by atomic mass is 10.1. The quantitative estimate of drug-likeness (QED) is 0.831. The first-order valence-corrected chi connectivity index (χ1v) is 9.15. The minimum absolute atomic E-state index is 0.0717. The topological polar surface area (TPSA) is 50.8 Å². The number of amides is 1. The predicted molar refractivity (Wildman–Crippen MR) is 102 cm³/mol. The summed E-state index contributed by atoms with van der Waals surface area (Å²) in [6.45, 7) is 6.54. The van der Waals surface area contributed by atoms with E-state index in [1.165, 1.54) is 0 Å². The zero-order valence-electron chi connectivity index (χ0n) is 15.2. The van der Waals surface area contributed by atoms with Crippen molar-refractivity contribution >= 4 is 5.91 Å². The molecule has 1 atom stereocenters. The van der Waals surface area contributed by atoms with Gasteiger partial charge in [-0.05, 0) is 30.7 Å². The fourth-order valence-electron chi connectivity index (χ4n) is 3.10. The summed E-state index contributed by atoms with van der Waals surface area (Å²) in [6, 6.07) is 17.4. The minimum atomic E-state index is -0.0892. The van der Waals surface area contributed by atoms with Gasteiger partial charge in [-0.1, -0.05) is 36.4 Å². The van der Waals surface area contributed by atoms with Crippen LogP contribution in [0.25, 0.3) is 0 Å². The lowest BCUT2D eigenvalue weighted by Crippen LogP contribution is -2.43. The number of rotatable bonds is 7. The van der Waals surface area contributed by atoms with E-state index in [-0.39, 0.29) is 11.9 Å². The van der Waals surface area contributed by atoms with E-state index in [1.807, 2.05) is 43.3 Å². The Balaban J connectivity index is 1.74. The van der Waals surface area contributed by atoms with Crippen LogP contribution in [0.2, 0.25) is 0 Å². The Bertz CT molecular complexity index is 699. The SMILES string of the molecule is CCOc1cccc(C(=O)NC(CN2CCOCC2)c2ccccc2)c1. The van der Waals surface area contributed by atoms with Crippen molar-refractivity contribution in [1.82, 2.24) is 10.2 Å². The van der Waals surface area contributed by atoms with Gasteiger partial charge in [0.2, 0.25) is 0 Å². The smallest absolute Gasteiger partial charge is 0.251 e. The number of carbonyl (C=O) groups excluding carboxylic acids is 1. The van der Waals surface area contributed by atoms with E-state index in [0.29, 0.717) is 17.9 Å². The first kappa shape index (κ1) is 18.4. The Hall–Kier alpha value is -2.37. The highest BCUT2D eigenvalue weighted by atomic mass is 16.5. The van der Waals surface area contributed by atoms with Gasteiger partial charge in [-0.15, -0.1) is 0 Å². The molecule has 5 heteroatoms. The third-order valence-corrected chi connectivity index (χ3v) is 4.46. The van der Waals surface area contributed by atoms with Gasteiger partial charge < -0.3 is 14.8 Å². The highest BCUT2D eigenvalue weighted by molar-refractivity contribution is 5.94. The molecule has 0 bridgehead atoms. The molecule has 1 saturated heterocycles. The monoisotopic (exact) mass is 354 g/mol.